The van der Waals surface area contributed by atoms with Crippen molar-refractivity contribution in [3.8, 4) is 11.5 Å². The van der Waals surface area contributed by atoms with Crippen molar-refractivity contribution >= 4 is 23.7 Å². The van der Waals surface area contributed by atoms with Gasteiger partial charge in [0.15, 0.2) is 11.5 Å². The molecule has 1 aromatic heterocycles. The number of fused-ring (bicyclic) bond motifs is 1. The lowest BCUT2D eigenvalue weighted by atomic mass is 9.95. The first-order valence-electron chi connectivity index (χ1n) is 12.7. The van der Waals surface area contributed by atoms with E-state index in [0.717, 1.165) is 43.4 Å². The van der Waals surface area contributed by atoms with Crippen LogP contribution in [0.25, 0.3) is 0 Å². The SMILES string of the molecule is CCCCOC(=O)C1=C(C)Nc2nc(SCCCC)nn2C1c1ccc(OCCC)c(OCC)c1. The number of nitrogens with one attached hydrogen (secondary N) is 1. The zero-order valence-corrected chi connectivity index (χ0v) is 22.4. The van der Waals surface area contributed by atoms with E-state index in [1.54, 1.807) is 16.4 Å². The third-order valence-electron chi connectivity index (χ3n) is 5.56. The number of anilines is 1. The van der Waals surface area contributed by atoms with Crippen LogP contribution in [0.15, 0.2) is 34.6 Å². The number of thioether (sulfide) groups is 1. The number of carbonyl (C=O) groups is 1. The first-order valence-corrected chi connectivity index (χ1v) is 13.7. The van der Waals surface area contributed by atoms with Crippen LogP contribution in [0.1, 0.15) is 78.3 Å². The molecular weight excluding hydrogens is 464 g/mol. The van der Waals surface area contributed by atoms with Gasteiger partial charge in [-0.05, 0) is 50.8 Å². The van der Waals surface area contributed by atoms with Gasteiger partial charge >= 0.3 is 5.97 Å². The molecule has 0 spiro atoms. The largest absolute Gasteiger partial charge is 0.490 e. The van der Waals surface area contributed by atoms with Crippen LogP contribution >= 0.6 is 11.8 Å². The molecule has 0 radical (unpaired) electrons. The van der Waals surface area contributed by atoms with Crippen molar-refractivity contribution in [2.45, 2.75) is 77.9 Å². The van der Waals surface area contributed by atoms with Gasteiger partial charge in [-0.2, -0.15) is 4.98 Å². The highest BCUT2D eigenvalue weighted by Crippen LogP contribution is 2.40. The summed E-state index contributed by atoms with van der Waals surface area (Å²) < 4.78 is 19.2. The predicted octanol–water partition coefficient (Wildman–Crippen LogP) is 5.99. The number of rotatable bonds is 14. The highest BCUT2D eigenvalue weighted by Gasteiger charge is 2.35. The van der Waals surface area contributed by atoms with E-state index in [1.807, 2.05) is 32.0 Å². The second-order valence-corrected chi connectivity index (χ2v) is 9.47. The summed E-state index contributed by atoms with van der Waals surface area (Å²) in [6.45, 7) is 11.6. The molecule has 1 unspecified atom stereocenters. The molecule has 2 heterocycles. The third-order valence-corrected chi connectivity index (χ3v) is 6.48. The highest BCUT2D eigenvalue weighted by atomic mass is 32.2. The van der Waals surface area contributed by atoms with E-state index >= 15 is 0 Å². The second kappa shape index (κ2) is 13.4. The van der Waals surface area contributed by atoms with Crippen LogP contribution in [0.4, 0.5) is 5.95 Å². The summed E-state index contributed by atoms with van der Waals surface area (Å²) in [4.78, 5) is 18.0. The zero-order chi connectivity index (χ0) is 25.2. The summed E-state index contributed by atoms with van der Waals surface area (Å²) in [5.74, 6) is 2.54. The minimum absolute atomic E-state index is 0.348. The van der Waals surface area contributed by atoms with Gasteiger partial charge in [-0.25, -0.2) is 9.48 Å². The number of unbranched alkanes of at least 4 members (excludes halogenated alkanes) is 2. The van der Waals surface area contributed by atoms with E-state index in [1.165, 1.54) is 0 Å². The van der Waals surface area contributed by atoms with Gasteiger partial charge in [-0.3, -0.25) is 0 Å². The van der Waals surface area contributed by atoms with Gasteiger partial charge in [0.1, 0.15) is 6.04 Å². The molecule has 9 heteroatoms. The van der Waals surface area contributed by atoms with Gasteiger partial charge in [0.05, 0.1) is 25.4 Å². The van der Waals surface area contributed by atoms with E-state index in [0.29, 0.717) is 53.7 Å². The number of ether oxygens (including phenoxy) is 3. The number of hydrogen-bond donors (Lipinski definition) is 1. The minimum atomic E-state index is -0.493. The summed E-state index contributed by atoms with van der Waals surface area (Å²) in [5.41, 5.74) is 2.09. The van der Waals surface area contributed by atoms with Crippen LogP contribution in [-0.2, 0) is 9.53 Å². The molecule has 3 rings (SSSR count). The number of hydrogen-bond acceptors (Lipinski definition) is 8. The van der Waals surface area contributed by atoms with Crippen molar-refractivity contribution in [1.82, 2.24) is 14.8 Å². The number of allylic oxidation sites excluding steroid dienone is 1. The van der Waals surface area contributed by atoms with Crippen LogP contribution in [-0.4, -0.2) is 46.3 Å². The lowest BCUT2D eigenvalue weighted by Crippen LogP contribution is -2.30. The maximum atomic E-state index is 13.3. The monoisotopic (exact) mass is 502 g/mol. The lowest BCUT2D eigenvalue weighted by molar-refractivity contribution is -0.139. The first kappa shape index (κ1) is 26.9. The third kappa shape index (κ3) is 6.72. The summed E-state index contributed by atoms with van der Waals surface area (Å²) in [6, 6.07) is 5.31. The Hall–Kier alpha value is -2.68. The van der Waals surface area contributed by atoms with E-state index < -0.39 is 6.04 Å². The number of nitrogens with zero attached hydrogens (tertiary/aromatic N) is 3. The molecular formula is C26H38N4O4S. The maximum absolute atomic E-state index is 13.3. The molecule has 1 aliphatic heterocycles. The van der Waals surface area contributed by atoms with Crippen LogP contribution in [0, 0.1) is 0 Å². The standard InChI is InChI=1S/C26H38N4O4S/c1-6-10-15-34-24(31)22-18(5)27-25-28-26(35-16-11-7-2)29-30(25)23(22)19-12-13-20(33-14-8-3)21(17-19)32-9-4/h12-13,17,23H,6-11,14-16H2,1-5H3,(H,27,28,29). The fourth-order valence-electron chi connectivity index (χ4n) is 3.75. The summed E-state index contributed by atoms with van der Waals surface area (Å²) in [6.07, 6.45) is 4.88. The van der Waals surface area contributed by atoms with Gasteiger partial charge in [-0.15, -0.1) is 5.10 Å². The average molecular weight is 503 g/mol. The predicted molar refractivity (Wildman–Crippen MR) is 139 cm³/mol. The molecule has 1 aliphatic rings. The summed E-state index contributed by atoms with van der Waals surface area (Å²) in [5, 5.41) is 8.74. The van der Waals surface area contributed by atoms with E-state index in [2.05, 4.69) is 26.1 Å². The van der Waals surface area contributed by atoms with Crippen LogP contribution in [0.2, 0.25) is 0 Å². The fourth-order valence-corrected chi connectivity index (χ4v) is 4.67. The Balaban J connectivity index is 2.04. The first-order chi connectivity index (χ1) is 17.0. The van der Waals surface area contributed by atoms with Gasteiger partial charge in [0.2, 0.25) is 11.1 Å². The van der Waals surface area contributed by atoms with Gasteiger partial charge in [0, 0.05) is 11.4 Å². The van der Waals surface area contributed by atoms with Crippen molar-refractivity contribution < 1.29 is 19.0 Å². The molecule has 2 aromatic rings. The van der Waals surface area contributed by atoms with Gasteiger partial charge < -0.3 is 19.5 Å². The van der Waals surface area contributed by atoms with Crippen molar-refractivity contribution in [1.29, 1.82) is 0 Å². The van der Waals surface area contributed by atoms with E-state index in [-0.39, 0.29) is 5.97 Å². The maximum Gasteiger partial charge on any atom is 0.338 e. The van der Waals surface area contributed by atoms with Crippen molar-refractivity contribution in [2.75, 3.05) is 30.9 Å². The highest BCUT2D eigenvalue weighted by molar-refractivity contribution is 7.99. The average Bonchev–Trinajstić information content (AvgIpc) is 3.25. The molecule has 8 nitrogen and oxygen atoms in total. The van der Waals surface area contributed by atoms with Crippen molar-refractivity contribution in [3.63, 3.8) is 0 Å². The fraction of sp³-hybridized carbons (Fsp3) is 0.577. The Morgan fingerprint density at radius 1 is 1.06 bits per heavy atom. The second-order valence-electron chi connectivity index (χ2n) is 8.41. The number of aromatic nitrogens is 3. The molecule has 0 aliphatic carbocycles. The molecule has 192 valence electrons. The normalized spacial score (nSPS) is 14.9. The topological polar surface area (TPSA) is 87.5 Å². The Bertz CT molecular complexity index is 1020. The number of esters is 1. The van der Waals surface area contributed by atoms with E-state index in [4.69, 9.17) is 24.3 Å². The molecule has 35 heavy (non-hydrogen) atoms. The molecule has 0 bridgehead atoms. The molecule has 0 amide bonds. The van der Waals surface area contributed by atoms with Gasteiger partial charge in [-0.1, -0.05) is 51.4 Å². The molecule has 1 N–H and O–H groups in total. The Morgan fingerprint density at radius 2 is 1.86 bits per heavy atom. The zero-order valence-electron chi connectivity index (χ0n) is 21.6. The molecule has 0 saturated carbocycles. The Labute approximate surface area is 212 Å². The van der Waals surface area contributed by atoms with E-state index in [9.17, 15) is 4.79 Å². The smallest absolute Gasteiger partial charge is 0.338 e. The number of carbonyl (C=O) groups excluding carboxylic acids is 1. The minimum Gasteiger partial charge on any atom is -0.490 e. The summed E-state index contributed by atoms with van der Waals surface area (Å²) in [7, 11) is 0. The molecule has 0 fully saturated rings. The Morgan fingerprint density at radius 3 is 2.57 bits per heavy atom. The van der Waals surface area contributed by atoms with Crippen molar-refractivity contribution in [2.24, 2.45) is 0 Å². The summed E-state index contributed by atoms with van der Waals surface area (Å²) >= 11 is 1.62. The van der Waals surface area contributed by atoms with Crippen LogP contribution in [0.5, 0.6) is 11.5 Å². The molecule has 0 saturated heterocycles. The number of benzene rings is 1. The van der Waals surface area contributed by atoms with Gasteiger partial charge in [0.25, 0.3) is 0 Å². The lowest BCUT2D eigenvalue weighted by Gasteiger charge is -2.28. The molecule has 1 atom stereocenters. The molecule has 1 aromatic carbocycles. The van der Waals surface area contributed by atoms with Crippen molar-refractivity contribution in [3.05, 3.63) is 35.0 Å². The quantitative estimate of drug-likeness (QED) is 0.191. The van der Waals surface area contributed by atoms with Crippen LogP contribution < -0.4 is 14.8 Å². The van der Waals surface area contributed by atoms with Crippen LogP contribution in [0.3, 0.4) is 0 Å². The Kier molecular flexibility index (Phi) is 10.3.